The summed E-state index contributed by atoms with van der Waals surface area (Å²) in [7, 11) is 0. The molecule has 0 aliphatic rings. The molecule has 0 unspecified atom stereocenters. The summed E-state index contributed by atoms with van der Waals surface area (Å²) in [5.41, 5.74) is 6.13. The van der Waals surface area contributed by atoms with Gasteiger partial charge in [0.15, 0.2) is 11.5 Å². The fourth-order valence-electron chi connectivity index (χ4n) is 1.83. The predicted octanol–water partition coefficient (Wildman–Crippen LogP) is 2.45. The number of nitrogen functional groups attached to an aromatic ring is 1. The molecule has 0 saturated heterocycles. The molecule has 0 aliphatic heterocycles. The van der Waals surface area contributed by atoms with Crippen molar-refractivity contribution in [3.63, 3.8) is 0 Å². The van der Waals surface area contributed by atoms with Crippen LogP contribution in [0.3, 0.4) is 0 Å². The van der Waals surface area contributed by atoms with E-state index >= 15 is 0 Å². The molecule has 9 heteroatoms. The van der Waals surface area contributed by atoms with Gasteiger partial charge in [-0.1, -0.05) is 12.1 Å². The maximum atomic E-state index is 12.1. The molecule has 0 saturated carbocycles. The molecule has 0 aliphatic carbocycles. The van der Waals surface area contributed by atoms with Crippen molar-refractivity contribution in [2.45, 2.75) is 19.3 Å². The minimum atomic E-state index is -4.75. The van der Waals surface area contributed by atoms with Crippen molar-refractivity contribution < 1.29 is 22.7 Å². The van der Waals surface area contributed by atoms with E-state index in [-0.39, 0.29) is 17.3 Å². The first-order chi connectivity index (χ1) is 10.8. The number of benzene rings is 1. The first kappa shape index (κ1) is 16.5. The average molecular weight is 326 g/mol. The largest absolute Gasteiger partial charge is 0.573 e. The Bertz CT molecular complexity index is 689. The van der Waals surface area contributed by atoms with Crippen LogP contribution < -0.4 is 15.8 Å². The quantitative estimate of drug-likeness (QED) is 0.901. The number of nitrogens with zero attached hydrogens (tertiary/aromatic N) is 2. The summed E-state index contributed by atoms with van der Waals surface area (Å²) < 4.78 is 40.1. The Hall–Kier alpha value is -2.84. The highest BCUT2D eigenvalue weighted by molar-refractivity contribution is 5.96. The van der Waals surface area contributed by atoms with Crippen LogP contribution in [0.1, 0.15) is 29.0 Å². The second kappa shape index (κ2) is 6.51. The minimum Gasteiger partial charge on any atom is -0.406 e. The molecule has 122 valence electrons. The smallest absolute Gasteiger partial charge is 0.406 e. The summed E-state index contributed by atoms with van der Waals surface area (Å²) in [5, 5.41) is 2.64. The fraction of sp³-hybridized carbons (Fsp3) is 0.214. The number of nitrogens with two attached hydrogens (primary N) is 1. The number of amides is 1. The topological polar surface area (TPSA) is 90.1 Å². The molecule has 0 spiro atoms. The summed E-state index contributed by atoms with van der Waals surface area (Å²) in [4.78, 5) is 19.6. The molecule has 0 bridgehead atoms. The monoisotopic (exact) mass is 326 g/mol. The number of nitrogens with one attached hydrogen (secondary N) is 1. The summed E-state index contributed by atoms with van der Waals surface area (Å²) in [6, 6.07) is 4.71. The van der Waals surface area contributed by atoms with Gasteiger partial charge >= 0.3 is 6.36 Å². The van der Waals surface area contributed by atoms with Crippen molar-refractivity contribution in [3.05, 3.63) is 47.9 Å². The summed E-state index contributed by atoms with van der Waals surface area (Å²) in [6.45, 7) is 1.67. The van der Waals surface area contributed by atoms with Crippen LogP contribution in [0.25, 0.3) is 0 Å². The Morgan fingerprint density at radius 1 is 1.22 bits per heavy atom. The lowest BCUT2D eigenvalue weighted by Gasteiger charge is -2.15. The molecule has 0 fully saturated rings. The van der Waals surface area contributed by atoms with Crippen molar-refractivity contribution in [3.8, 4) is 5.75 Å². The van der Waals surface area contributed by atoms with Crippen LogP contribution in [-0.4, -0.2) is 22.2 Å². The van der Waals surface area contributed by atoms with Crippen LogP contribution >= 0.6 is 0 Å². The summed E-state index contributed by atoms with van der Waals surface area (Å²) >= 11 is 0. The zero-order valence-corrected chi connectivity index (χ0v) is 12.0. The third-order valence-corrected chi connectivity index (χ3v) is 2.90. The third kappa shape index (κ3) is 4.56. The highest BCUT2D eigenvalue weighted by Gasteiger charge is 2.31. The lowest BCUT2D eigenvalue weighted by Crippen LogP contribution is -2.28. The lowest BCUT2D eigenvalue weighted by atomic mass is 10.1. The van der Waals surface area contributed by atoms with E-state index in [4.69, 9.17) is 5.73 Å². The molecule has 2 rings (SSSR count). The second-order valence-corrected chi connectivity index (χ2v) is 4.60. The van der Waals surface area contributed by atoms with Gasteiger partial charge in [-0.25, -0.2) is 9.97 Å². The maximum Gasteiger partial charge on any atom is 0.573 e. The van der Waals surface area contributed by atoms with Crippen LogP contribution in [0, 0.1) is 0 Å². The van der Waals surface area contributed by atoms with E-state index in [9.17, 15) is 18.0 Å². The number of hydrogen-bond acceptors (Lipinski definition) is 5. The molecule has 23 heavy (non-hydrogen) atoms. The van der Waals surface area contributed by atoms with Gasteiger partial charge in [-0.3, -0.25) is 4.79 Å². The molecule has 3 N–H and O–H groups in total. The van der Waals surface area contributed by atoms with E-state index in [0.717, 1.165) is 0 Å². The zero-order valence-electron chi connectivity index (χ0n) is 12.0. The molecule has 0 radical (unpaired) electrons. The van der Waals surface area contributed by atoms with E-state index in [2.05, 4.69) is 20.0 Å². The number of anilines is 1. The van der Waals surface area contributed by atoms with Crippen LogP contribution in [0.4, 0.5) is 19.0 Å². The van der Waals surface area contributed by atoms with Crippen molar-refractivity contribution >= 4 is 11.7 Å². The molecule has 1 amide bonds. The Labute approximate surface area is 129 Å². The Morgan fingerprint density at radius 2 is 1.83 bits per heavy atom. The van der Waals surface area contributed by atoms with Gasteiger partial charge in [0.2, 0.25) is 0 Å². The number of aromatic nitrogens is 2. The number of carbonyl (C=O) groups excluding carboxylic acids is 1. The van der Waals surface area contributed by atoms with Gasteiger partial charge < -0.3 is 15.8 Å². The van der Waals surface area contributed by atoms with Gasteiger partial charge in [-0.2, -0.15) is 0 Å². The second-order valence-electron chi connectivity index (χ2n) is 4.60. The van der Waals surface area contributed by atoms with Crippen LogP contribution in [-0.2, 0) is 0 Å². The lowest BCUT2D eigenvalue weighted by molar-refractivity contribution is -0.274. The minimum absolute atomic E-state index is 0.00822. The number of hydrogen-bond donors (Lipinski definition) is 2. The highest BCUT2D eigenvalue weighted by atomic mass is 19.4. The van der Waals surface area contributed by atoms with E-state index in [1.165, 1.54) is 36.7 Å². The van der Waals surface area contributed by atoms with Gasteiger partial charge in [0.25, 0.3) is 5.91 Å². The molecule has 1 aromatic heterocycles. The van der Waals surface area contributed by atoms with E-state index in [1.54, 1.807) is 6.92 Å². The van der Waals surface area contributed by atoms with Crippen LogP contribution in [0.2, 0.25) is 0 Å². The van der Waals surface area contributed by atoms with Crippen molar-refractivity contribution in [2.24, 2.45) is 0 Å². The standard InChI is InChI=1S/C14H13F3N4O2/c1-8(21-13(22)11-12(18)20-7-6-19-11)9-2-4-10(5-3-9)23-14(15,16)17/h2-8H,1H3,(H2,18,20)(H,21,22)/t8-/m0/s1. The molecule has 2 aromatic rings. The fourth-order valence-corrected chi connectivity index (χ4v) is 1.83. The van der Waals surface area contributed by atoms with E-state index in [0.29, 0.717) is 5.56 Å². The molecule has 1 atom stereocenters. The summed E-state index contributed by atoms with van der Waals surface area (Å²) in [5.74, 6) is -0.872. The van der Waals surface area contributed by atoms with Gasteiger partial charge in [0.1, 0.15) is 5.75 Å². The van der Waals surface area contributed by atoms with Crippen molar-refractivity contribution in [1.29, 1.82) is 0 Å². The highest BCUT2D eigenvalue weighted by Crippen LogP contribution is 2.24. The first-order valence-corrected chi connectivity index (χ1v) is 6.49. The van der Waals surface area contributed by atoms with Gasteiger partial charge in [-0.15, -0.1) is 13.2 Å². The number of halogens is 3. The molecule has 6 nitrogen and oxygen atoms in total. The van der Waals surface area contributed by atoms with Crippen molar-refractivity contribution in [1.82, 2.24) is 15.3 Å². The number of ether oxygens (including phenoxy) is 1. The molecular weight excluding hydrogens is 313 g/mol. The maximum absolute atomic E-state index is 12.1. The SMILES string of the molecule is C[C@H](NC(=O)c1nccnc1N)c1ccc(OC(F)(F)F)cc1. The Balaban J connectivity index is 2.05. The average Bonchev–Trinajstić information content (AvgIpc) is 2.46. The number of carbonyl (C=O) groups is 1. The van der Waals surface area contributed by atoms with E-state index in [1.807, 2.05) is 0 Å². The Kier molecular flexibility index (Phi) is 4.68. The number of alkyl halides is 3. The van der Waals surface area contributed by atoms with Crippen LogP contribution in [0.5, 0.6) is 5.75 Å². The summed E-state index contributed by atoms with van der Waals surface area (Å²) in [6.07, 6.45) is -2.06. The normalized spacial score (nSPS) is 12.5. The molecular formula is C14H13F3N4O2. The van der Waals surface area contributed by atoms with Gasteiger partial charge in [0, 0.05) is 12.4 Å². The zero-order chi connectivity index (χ0) is 17.0. The van der Waals surface area contributed by atoms with Gasteiger partial charge in [-0.05, 0) is 24.6 Å². The predicted molar refractivity (Wildman–Crippen MR) is 75.5 cm³/mol. The van der Waals surface area contributed by atoms with Gasteiger partial charge in [0.05, 0.1) is 6.04 Å². The van der Waals surface area contributed by atoms with Crippen LogP contribution in [0.15, 0.2) is 36.7 Å². The van der Waals surface area contributed by atoms with E-state index < -0.39 is 18.3 Å². The first-order valence-electron chi connectivity index (χ1n) is 6.49. The third-order valence-electron chi connectivity index (χ3n) is 2.90. The molecule has 1 aromatic carbocycles. The van der Waals surface area contributed by atoms with Crippen molar-refractivity contribution in [2.75, 3.05) is 5.73 Å². The Morgan fingerprint density at radius 3 is 2.39 bits per heavy atom. The molecule has 1 heterocycles. The number of rotatable bonds is 4.